The number of imidazole rings is 1. The molecule has 0 radical (unpaired) electrons. The number of fused-ring (bicyclic) bond motifs is 1. The van der Waals surface area contributed by atoms with E-state index in [1.54, 1.807) is 42.9 Å². The molecule has 0 fully saturated rings. The van der Waals surface area contributed by atoms with Crippen molar-refractivity contribution in [1.29, 1.82) is 0 Å². The second kappa shape index (κ2) is 7.55. The van der Waals surface area contributed by atoms with E-state index in [1.165, 1.54) is 0 Å². The third kappa shape index (κ3) is 3.96. The molecule has 27 heavy (non-hydrogen) atoms. The standard InChI is InChI=1S/C20H16ClN3O3/c21-15-5-6-17-14(11-15)12-19(27-17)20(25)23-16-3-1-2-4-18(16)26-10-9-24-8-7-22-13-24/h1-8,11-13H,9-10H2,(H,23,25). The van der Waals surface area contributed by atoms with Crippen LogP contribution < -0.4 is 10.1 Å². The number of nitrogens with zero attached hydrogens (tertiary/aromatic N) is 2. The first-order valence-corrected chi connectivity index (χ1v) is 8.75. The van der Waals surface area contributed by atoms with Gasteiger partial charge in [0.15, 0.2) is 5.76 Å². The quantitative estimate of drug-likeness (QED) is 0.529. The maximum absolute atomic E-state index is 12.6. The molecule has 0 unspecified atom stereocenters. The topological polar surface area (TPSA) is 69.3 Å². The van der Waals surface area contributed by atoms with Crippen molar-refractivity contribution in [2.75, 3.05) is 11.9 Å². The van der Waals surface area contributed by atoms with Crippen molar-refractivity contribution in [3.8, 4) is 5.75 Å². The Balaban J connectivity index is 1.47. The minimum absolute atomic E-state index is 0.209. The van der Waals surface area contributed by atoms with Gasteiger partial charge in [-0.1, -0.05) is 23.7 Å². The zero-order valence-corrected chi connectivity index (χ0v) is 15.0. The van der Waals surface area contributed by atoms with E-state index in [2.05, 4.69) is 10.3 Å². The molecule has 136 valence electrons. The molecule has 1 N–H and O–H groups in total. The molecule has 0 aliphatic heterocycles. The van der Waals surface area contributed by atoms with Crippen molar-refractivity contribution in [2.24, 2.45) is 0 Å². The molecule has 0 saturated carbocycles. The fourth-order valence-electron chi connectivity index (χ4n) is 2.69. The minimum atomic E-state index is -0.354. The summed E-state index contributed by atoms with van der Waals surface area (Å²) in [4.78, 5) is 16.6. The average molecular weight is 382 g/mol. The molecule has 0 atom stereocenters. The smallest absolute Gasteiger partial charge is 0.291 e. The summed E-state index contributed by atoms with van der Waals surface area (Å²) in [7, 11) is 0. The van der Waals surface area contributed by atoms with Crippen LogP contribution in [0.4, 0.5) is 5.69 Å². The second-order valence-electron chi connectivity index (χ2n) is 5.89. The van der Waals surface area contributed by atoms with Crippen LogP contribution in [0.3, 0.4) is 0 Å². The van der Waals surface area contributed by atoms with E-state index in [0.717, 1.165) is 5.39 Å². The zero-order valence-electron chi connectivity index (χ0n) is 14.3. The van der Waals surface area contributed by atoms with Gasteiger partial charge >= 0.3 is 0 Å². The zero-order chi connectivity index (χ0) is 18.6. The van der Waals surface area contributed by atoms with E-state index in [4.69, 9.17) is 20.8 Å². The monoisotopic (exact) mass is 381 g/mol. The first-order valence-electron chi connectivity index (χ1n) is 8.37. The number of aromatic nitrogens is 2. The molecule has 4 rings (SSSR count). The Bertz CT molecular complexity index is 1070. The van der Waals surface area contributed by atoms with Gasteiger partial charge in [-0.25, -0.2) is 4.98 Å². The summed E-state index contributed by atoms with van der Waals surface area (Å²) >= 11 is 5.98. The van der Waals surface area contributed by atoms with Gasteiger partial charge in [-0.05, 0) is 36.4 Å². The number of amides is 1. The van der Waals surface area contributed by atoms with E-state index in [-0.39, 0.29) is 11.7 Å². The van der Waals surface area contributed by atoms with Crippen LogP contribution in [-0.2, 0) is 6.54 Å². The van der Waals surface area contributed by atoms with Crippen LogP contribution in [0.2, 0.25) is 5.02 Å². The Morgan fingerprint density at radius 1 is 1.22 bits per heavy atom. The number of hydrogen-bond acceptors (Lipinski definition) is 4. The lowest BCUT2D eigenvalue weighted by Crippen LogP contribution is -2.13. The highest BCUT2D eigenvalue weighted by Gasteiger charge is 2.15. The highest BCUT2D eigenvalue weighted by atomic mass is 35.5. The number of hydrogen-bond donors (Lipinski definition) is 1. The highest BCUT2D eigenvalue weighted by molar-refractivity contribution is 6.31. The van der Waals surface area contributed by atoms with Gasteiger partial charge in [0.1, 0.15) is 17.9 Å². The number of rotatable bonds is 6. The van der Waals surface area contributed by atoms with Crippen molar-refractivity contribution >= 4 is 34.2 Å². The van der Waals surface area contributed by atoms with Crippen LogP contribution in [0.25, 0.3) is 11.0 Å². The lowest BCUT2D eigenvalue weighted by Gasteiger charge is -2.12. The largest absolute Gasteiger partial charge is 0.490 e. The summed E-state index contributed by atoms with van der Waals surface area (Å²) in [6.07, 6.45) is 5.31. The van der Waals surface area contributed by atoms with Crippen LogP contribution in [0.5, 0.6) is 5.75 Å². The van der Waals surface area contributed by atoms with Gasteiger partial charge in [-0.2, -0.15) is 0 Å². The Labute approximate surface area is 160 Å². The number of nitrogens with one attached hydrogen (secondary N) is 1. The van der Waals surface area contributed by atoms with Crippen LogP contribution in [0.15, 0.2) is 71.7 Å². The lowest BCUT2D eigenvalue weighted by atomic mass is 10.2. The van der Waals surface area contributed by atoms with Crippen LogP contribution in [-0.4, -0.2) is 22.1 Å². The van der Waals surface area contributed by atoms with Gasteiger partial charge < -0.3 is 19.0 Å². The van der Waals surface area contributed by atoms with Crippen molar-refractivity contribution < 1.29 is 13.9 Å². The maximum atomic E-state index is 12.6. The van der Waals surface area contributed by atoms with Crippen molar-refractivity contribution in [3.63, 3.8) is 0 Å². The second-order valence-corrected chi connectivity index (χ2v) is 6.33. The molecule has 0 saturated heterocycles. The first-order chi connectivity index (χ1) is 13.2. The summed E-state index contributed by atoms with van der Waals surface area (Å²) in [6.45, 7) is 1.11. The molecule has 2 aromatic carbocycles. The minimum Gasteiger partial charge on any atom is -0.490 e. The number of halogens is 1. The Kier molecular flexibility index (Phi) is 4.80. The molecular weight excluding hydrogens is 366 g/mol. The van der Waals surface area contributed by atoms with Crippen molar-refractivity contribution in [3.05, 3.63) is 78.0 Å². The average Bonchev–Trinajstić information content (AvgIpc) is 3.32. The predicted octanol–water partition coefficient (Wildman–Crippen LogP) is 4.61. The van der Waals surface area contributed by atoms with Crippen molar-refractivity contribution in [1.82, 2.24) is 9.55 Å². The lowest BCUT2D eigenvalue weighted by molar-refractivity contribution is 0.0998. The molecule has 0 spiro atoms. The summed E-state index contributed by atoms with van der Waals surface area (Å²) in [5.74, 6) is 0.443. The number of furan rings is 1. The van der Waals surface area contributed by atoms with E-state index >= 15 is 0 Å². The number of carbonyl (C=O) groups excluding carboxylic acids is 1. The third-order valence-corrected chi connectivity index (χ3v) is 4.24. The molecule has 2 heterocycles. The fourth-order valence-corrected chi connectivity index (χ4v) is 2.87. The molecular formula is C20H16ClN3O3. The number of benzene rings is 2. The van der Waals surface area contributed by atoms with E-state index in [0.29, 0.717) is 35.2 Å². The first kappa shape index (κ1) is 17.2. The Hall–Kier alpha value is -3.25. The maximum Gasteiger partial charge on any atom is 0.291 e. The molecule has 6 nitrogen and oxygen atoms in total. The van der Waals surface area contributed by atoms with Crippen molar-refractivity contribution in [2.45, 2.75) is 6.54 Å². The molecule has 0 bridgehead atoms. The molecule has 7 heteroatoms. The van der Waals surface area contributed by atoms with Gasteiger partial charge in [-0.3, -0.25) is 4.79 Å². The van der Waals surface area contributed by atoms with Gasteiger partial charge in [0.2, 0.25) is 0 Å². The summed E-state index contributed by atoms with van der Waals surface area (Å²) in [6, 6.07) is 14.2. The van der Waals surface area contributed by atoms with Crippen LogP contribution in [0, 0.1) is 0 Å². The van der Waals surface area contributed by atoms with E-state index in [9.17, 15) is 4.79 Å². The predicted molar refractivity (Wildman–Crippen MR) is 103 cm³/mol. The molecule has 1 amide bonds. The number of para-hydroxylation sites is 2. The summed E-state index contributed by atoms with van der Waals surface area (Å²) in [5, 5.41) is 4.20. The van der Waals surface area contributed by atoms with E-state index in [1.807, 2.05) is 29.0 Å². The van der Waals surface area contributed by atoms with Gasteiger partial charge in [0.05, 0.1) is 18.6 Å². The Morgan fingerprint density at radius 2 is 2.11 bits per heavy atom. The molecule has 0 aliphatic carbocycles. The van der Waals surface area contributed by atoms with Crippen LogP contribution >= 0.6 is 11.6 Å². The van der Waals surface area contributed by atoms with Gasteiger partial charge in [0, 0.05) is 22.8 Å². The number of ether oxygens (including phenoxy) is 1. The molecule has 2 aromatic heterocycles. The third-order valence-electron chi connectivity index (χ3n) is 4.00. The summed E-state index contributed by atoms with van der Waals surface area (Å²) < 4.78 is 13.3. The fraction of sp³-hybridized carbons (Fsp3) is 0.100. The summed E-state index contributed by atoms with van der Waals surface area (Å²) in [5.41, 5.74) is 1.18. The number of anilines is 1. The van der Waals surface area contributed by atoms with Gasteiger partial charge in [-0.15, -0.1) is 0 Å². The normalized spacial score (nSPS) is 10.9. The molecule has 0 aliphatic rings. The SMILES string of the molecule is O=C(Nc1ccccc1OCCn1ccnc1)c1cc2cc(Cl)ccc2o1. The molecule has 4 aromatic rings. The number of carbonyl (C=O) groups is 1. The van der Waals surface area contributed by atoms with Crippen LogP contribution in [0.1, 0.15) is 10.6 Å². The van der Waals surface area contributed by atoms with Gasteiger partial charge in [0.25, 0.3) is 5.91 Å². The Morgan fingerprint density at radius 3 is 2.96 bits per heavy atom. The highest BCUT2D eigenvalue weighted by Crippen LogP contribution is 2.27. The van der Waals surface area contributed by atoms with E-state index < -0.39 is 0 Å².